The Hall–Kier alpha value is -3.92. The molecule has 0 spiro atoms. The summed E-state index contributed by atoms with van der Waals surface area (Å²) in [6, 6.07) is 30.1. The Morgan fingerprint density at radius 1 is 0.552 bits per heavy atom. The van der Waals surface area contributed by atoms with Gasteiger partial charge in [-0.3, -0.25) is 19.4 Å². The highest BCUT2D eigenvalue weighted by atomic mass is 16.2. The lowest BCUT2D eigenvalue weighted by Gasteiger charge is -2.37. The van der Waals surface area contributed by atoms with Gasteiger partial charge >= 0.3 is 0 Å². The molecule has 4 aromatic carbocycles. The second kappa shape index (κ2) is 6.91. The summed E-state index contributed by atoms with van der Waals surface area (Å²) < 4.78 is 0. The topological polar surface area (TPSA) is 40.6 Å². The van der Waals surface area contributed by atoms with E-state index in [1.54, 1.807) is 34.1 Å². The van der Waals surface area contributed by atoms with Gasteiger partial charge in [-0.2, -0.15) is 0 Å². The van der Waals surface area contributed by atoms with Gasteiger partial charge in [0.2, 0.25) is 0 Å². The summed E-state index contributed by atoms with van der Waals surface area (Å²) in [5, 5.41) is 1.91. The van der Waals surface area contributed by atoms with E-state index in [1.807, 2.05) is 72.8 Å². The number of carbonyl (C=O) groups is 2. The van der Waals surface area contributed by atoms with Crippen LogP contribution in [-0.4, -0.2) is 18.5 Å². The first-order valence-corrected chi connectivity index (χ1v) is 9.49. The predicted octanol–water partition coefficient (Wildman–Crippen LogP) is 5.10. The number of amides is 2. The summed E-state index contributed by atoms with van der Waals surface area (Å²) in [5.41, 5.74) is 2.83. The third-order valence-electron chi connectivity index (χ3n) is 5.26. The van der Waals surface area contributed by atoms with Crippen LogP contribution in [0, 0.1) is 0 Å². The van der Waals surface area contributed by atoms with Gasteiger partial charge in [-0.1, -0.05) is 60.7 Å². The SMILES string of the molecule is O=C(c1ccccc1)N1CN(C(=O)c2ccccc2)c2cccc3cccc1c23. The first-order valence-electron chi connectivity index (χ1n) is 9.49. The van der Waals surface area contributed by atoms with Crippen molar-refractivity contribution >= 4 is 34.0 Å². The fourth-order valence-electron chi connectivity index (χ4n) is 3.87. The molecule has 4 nitrogen and oxygen atoms in total. The quantitative estimate of drug-likeness (QED) is 0.487. The van der Waals surface area contributed by atoms with Gasteiger partial charge in [0.15, 0.2) is 0 Å². The Kier molecular flexibility index (Phi) is 4.10. The number of benzene rings is 4. The smallest absolute Gasteiger partial charge is 0.259 e. The summed E-state index contributed by atoms with van der Waals surface area (Å²) in [7, 11) is 0. The number of hydrogen-bond acceptors (Lipinski definition) is 2. The van der Waals surface area contributed by atoms with E-state index in [9.17, 15) is 9.59 Å². The van der Waals surface area contributed by atoms with Crippen molar-refractivity contribution in [3.05, 3.63) is 108 Å². The minimum atomic E-state index is -0.126. The van der Waals surface area contributed by atoms with E-state index < -0.39 is 0 Å². The molecule has 1 heterocycles. The summed E-state index contributed by atoms with van der Waals surface area (Å²) in [5.74, 6) is -0.253. The molecule has 4 heteroatoms. The molecule has 0 unspecified atom stereocenters. The average molecular weight is 378 g/mol. The third-order valence-corrected chi connectivity index (χ3v) is 5.26. The van der Waals surface area contributed by atoms with Gasteiger partial charge in [0.05, 0.1) is 11.4 Å². The van der Waals surface area contributed by atoms with Crippen molar-refractivity contribution < 1.29 is 9.59 Å². The zero-order valence-corrected chi connectivity index (χ0v) is 15.7. The second-order valence-electron chi connectivity index (χ2n) is 6.99. The maximum atomic E-state index is 13.3. The Morgan fingerprint density at radius 3 is 1.45 bits per heavy atom. The minimum absolute atomic E-state index is 0.126. The van der Waals surface area contributed by atoms with Crippen LogP contribution >= 0.6 is 0 Å². The van der Waals surface area contributed by atoms with Crippen molar-refractivity contribution in [2.24, 2.45) is 0 Å². The fourth-order valence-corrected chi connectivity index (χ4v) is 3.87. The summed E-state index contributed by atoms with van der Waals surface area (Å²) in [4.78, 5) is 30.1. The number of anilines is 2. The van der Waals surface area contributed by atoms with Crippen LogP contribution in [0.15, 0.2) is 97.1 Å². The van der Waals surface area contributed by atoms with Crippen LogP contribution < -0.4 is 9.80 Å². The van der Waals surface area contributed by atoms with Crippen molar-refractivity contribution in [3.63, 3.8) is 0 Å². The Morgan fingerprint density at radius 2 is 1.00 bits per heavy atom. The predicted molar refractivity (Wildman–Crippen MR) is 115 cm³/mol. The molecule has 0 saturated carbocycles. The molecule has 29 heavy (non-hydrogen) atoms. The lowest BCUT2D eigenvalue weighted by molar-refractivity contribution is 0.0968. The van der Waals surface area contributed by atoms with Gasteiger partial charge in [-0.05, 0) is 41.8 Å². The van der Waals surface area contributed by atoms with E-state index >= 15 is 0 Å². The van der Waals surface area contributed by atoms with Crippen molar-refractivity contribution in [2.75, 3.05) is 16.5 Å². The second-order valence-corrected chi connectivity index (χ2v) is 6.99. The van der Waals surface area contributed by atoms with Gasteiger partial charge in [-0.15, -0.1) is 0 Å². The van der Waals surface area contributed by atoms with Gasteiger partial charge in [0.25, 0.3) is 11.8 Å². The minimum Gasteiger partial charge on any atom is -0.289 e. The maximum Gasteiger partial charge on any atom is 0.259 e. The molecule has 0 saturated heterocycles. The highest BCUT2D eigenvalue weighted by Gasteiger charge is 2.32. The Bertz CT molecular complexity index is 1130. The molecule has 140 valence electrons. The average Bonchev–Trinajstić information content (AvgIpc) is 2.80. The number of hydrogen-bond donors (Lipinski definition) is 0. The van der Waals surface area contributed by atoms with E-state index in [2.05, 4.69) is 0 Å². The first kappa shape index (κ1) is 17.2. The molecule has 5 rings (SSSR count). The molecule has 0 radical (unpaired) electrons. The van der Waals surface area contributed by atoms with Crippen LogP contribution in [0.5, 0.6) is 0 Å². The normalized spacial score (nSPS) is 12.8. The number of carbonyl (C=O) groups excluding carboxylic acids is 2. The summed E-state index contributed by atoms with van der Waals surface area (Å²) >= 11 is 0. The van der Waals surface area contributed by atoms with Crippen LogP contribution in [0.2, 0.25) is 0 Å². The van der Waals surface area contributed by atoms with Crippen molar-refractivity contribution in [2.45, 2.75) is 0 Å². The third kappa shape index (κ3) is 2.86. The van der Waals surface area contributed by atoms with Crippen LogP contribution in [0.3, 0.4) is 0 Å². The van der Waals surface area contributed by atoms with Crippen molar-refractivity contribution in [1.82, 2.24) is 0 Å². The number of nitrogens with zero attached hydrogens (tertiary/aromatic N) is 2. The molecule has 1 aliphatic rings. The molecule has 4 aromatic rings. The molecular weight excluding hydrogens is 360 g/mol. The Labute approximate surface area is 168 Å². The highest BCUT2D eigenvalue weighted by molar-refractivity contribution is 6.20. The van der Waals surface area contributed by atoms with Crippen molar-refractivity contribution in [1.29, 1.82) is 0 Å². The van der Waals surface area contributed by atoms with E-state index in [4.69, 9.17) is 0 Å². The molecule has 1 aliphatic heterocycles. The van der Waals surface area contributed by atoms with Gasteiger partial charge in [-0.25, -0.2) is 0 Å². The van der Waals surface area contributed by atoms with Crippen LogP contribution in [0.25, 0.3) is 10.8 Å². The van der Waals surface area contributed by atoms with Crippen molar-refractivity contribution in [3.8, 4) is 0 Å². The molecule has 2 amide bonds. The highest BCUT2D eigenvalue weighted by Crippen LogP contribution is 2.40. The maximum absolute atomic E-state index is 13.3. The van der Waals surface area contributed by atoms with E-state index in [0.717, 1.165) is 22.1 Å². The first-order chi connectivity index (χ1) is 14.2. The largest absolute Gasteiger partial charge is 0.289 e. The van der Waals surface area contributed by atoms with Gasteiger partial charge in [0.1, 0.15) is 6.67 Å². The summed E-state index contributed by atoms with van der Waals surface area (Å²) in [6.07, 6.45) is 0. The van der Waals surface area contributed by atoms with Gasteiger partial charge < -0.3 is 0 Å². The monoisotopic (exact) mass is 378 g/mol. The zero-order chi connectivity index (χ0) is 19.8. The molecule has 0 aliphatic carbocycles. The van der Waals surface area contributed by atoms with Crippen LogP contribution in [0.1, 0.15) is 20.7 Å². The van der Waals surface area contributed by atoms with Crippen LogP contribution in [0.4, 0.5) is 11.4 Å². The standard InChI is InChI=1S/C25H18N2O2/c28-24(19-9-3-1-4-10-19)26-17-27(25(29)20-11-5-2-6-12-20)22-16-8-14-18-13-7-15-21(26)23(18)22/h1-16H,17H2. The molecule has 0 aromatic heterocycles. The number of rotatable bonds is 2. The molecule has 0 N–H and O–H groups in total. The molecule has 0 bridgehead atoms. The van der Waals surface area contributed by atoms with E-state index in [-0.39, 0.29) is 18.5 Å². The fraction of sp³-hybridized carbons (Fsp3) is 0.0400. The molecular formula is C25H18N2O2. The molecule has 0 fully saturated rings. The van der Waals surface area contributed by atoms with E-state index in [0.29, 0.717) is 11.1 Å². The Balaban J connectivity index is 1.68. The van der Waals surface area contributed by atoms with Gasteiger partial charge in [0, 0.05) is 16.5 Å². The van der Waals surface area contributed by atoms with E-state index in [1.165, 1.54) is 0 Å². The summed E-state index contributed by atoms with van der Waals surface area (Å²) in [6.45, 7) is 0.164. The lowest BCUT2D eigenvalue weighted by Crippen LogP contribution is -2.47. The molecule has 0 atom stereocenters. The lowest BCUT2D eigenvalue weighted by atomic mass is 10.0. The zero-order valence-electron chi connectivity index (χ0n) is 15.7. The van der Waals surface area contributed by atoms with Crippen LogP contribution in [-0.2, 0) is 0 Å².